The second kappa shape index (κ2) is 7.55. The topological polar surface area (TPSA) is 49.4 Å². The van der Waals surface area contributed by atoms with E-state index in [2.05, 4.69) is 30.4 Å². The Labute approximate surface area is 161 Å². The Balaban J connectivity index is 1.81. The number of amides is 2. The Morgan fingerprint density at radius 2 is 1.78 bits per heavy atom. The number of nitrogens with one attached hydrogen (secondary N) is 1. The first-order valence-electron chi connectivity index (χ1n) is 9.59. The van der Waals surface area contributed by atoms with Gasteiger partial charge in [0.25, 0.3) is 0 Å². The molecule has 1 aliphatic heterocycles. The molecule has 0 aliphatic carbocycles. The van der Waals surface area contributed by atoms with Crippen LogP contribution >= 0.6 is 0 Å². The van der Waals surface area contributed by atoms with Crippen molar-refractivity contribution in [2.24, 2.45) is 5.92 Å². The summed E-state index contributed by atoms with van der Waals surface area (Å²) in [5, 5.41) is 3.07. The van der Waals surface area contributed by atoms with Crippen molar-refractivity contribution in [3.63, 3.8) is 0 Å². The molecule has 2 aromatic carbocycles. The molecule has 1 atom stereocenters. The minimum atomic E-state index is -0.332. The molecule has 2 amide bonds. The zero-order valence-electron chi connectivity index (χ0n) is 16.8. The van der Waals surface area contributed by atoms with E-state index in [0.29, 0.717) is 6.54 Å². The molecule has 27 heavy (non-hydrogen) atoms. The van der Waals surface area contributed by atoms with E-state index in [0.717, 1.165) is 40.0 Å². The first-order chi connectivity index (χ1) is 12.8. The number of carbonyl (C=O) groups excluding carboxylic acids is 2. The van der Waals surface area contributed by atoms with Crippen molar-refractivity contribution in [1.82, 2.24) is 0 Å². The Morgan fingerprint density at radius 1 is 1.11 bits per heavy atom. The van der Waals surface area contributed by atoms with E-state index in [9.17, 15) is 9.59 Å². The van der Waals surface area contributed by atoms with E-state index < -0.39 is 0 Å². The van der Waals surface area contributed by atoms with Gasteiger partial charge in [-0.1, -0.05) is 42.8 Å². The maximum atomic E-state index is 12.9. The number of hydrogen-bond acceptors (Lipinski definition) is 2. The lowest BCUT2D eigenvalue weighted by Crippen LogP contribution is -2.29. The fourth-order valence-electron chi connectivity index (χ4n) is 4.09. The SMILES string of the molecule is CCc1cccc(C)c1N1CC(C(=O)Nc2c(C)cc(C)cc2C)CC1=O. The molecule has 0 bridgehead atoms. The third-order valence-corrected chi connectivity index (χ3v) is 5.39. The van der Waals surface area contributed by atoms with Gasteiger partial charge in [0.05, 0.1) is 5.92 Å². The summed E-state index contributed by atoms with van der Waals surface area (Å²) in [6.45, 7) is 10.6. The average Bonchev–Trinajstić information content (AvgIpc) is 2.99. The average molecular weight is 364 g/mol. The molecule has 2 aromatic rings. The highest BCUT2D eigenvalue weighted by Gasteiger charge is 2.36. The van der Waals surface area contributed by atoms with Gasteiger partial charge in [-0.05, 0) is 56.4 Å². The summed E-state index contributed by atoms with van der Waals surface area (Å²) in [7, 11) is 0. The molecule has 142 valence electrons. The summed E-state index contributed by atoms with van der Waals surface area (Å²) in [5.41, 5.74) is 7.34. The van der Waals surface area contributed by atoms with Crippen LogP contribution in [0.25, 0.3) is 0 Å². The second-order valence-electron chi connectivity index (χ2n) is 7.60. The lowest BCUT2D eigenvalue weighted by atomic mass is 10.0. The van der Waals surface area contributed by atoms with Gasteiger partial charge in [0.2, 0.25) is 11.8 Å². The van der Waals surface area contributed by atoms with E-state index in [1.54, 1.807) is 4.90 Å². The standard InChI is InChI=1S/C23H28N2O2/c1-6-18-9-7-8-15(3)22(18)25-13-19(12-20(25)26)23(27)24-21-16(4)10-14(2)11-17(21)5/h7-11,19H,6,12-13H2,1-5H3,(H,24,27). The van der Waals surface area contributed by atoms with E-state index in [-0.39, 0.29) is 24.2 Å². The first kappa shape index (κ1) is 19.2. The molecule has 1 heterocycles. The first-order valence-corrected chi connectivity index (χ1v) is 9.59. The number of aryl methyl sites for hydroxylation is 5. The number of benzene rings is 2. The molecule has 4 heteroatoms. The molecule has 1 N–H and O–H groups in total. The molecule has 1 saturated heterocycles. The molecule has 4 nitrogen and oxygen atoms in total. The van der Waals surface area contributed by atoms with Crippen LogP contribution in [0.3, 0.4) is 0 Å². The van der Waals surface area contributed by atoms with E-state index in [1.807, 2.05) is 39.8 Å². The lowest BCUT2D eigenvalue weighted by Gasteiger charge is -2.22. The Morgan fingerprint density at radius 3 is 2.41 bits per heavy atom. The Hall–Kier alpha value is -2.62. The number of para-hydroxylation sites is 1. The molecule has 0 spiro atoms. The van der Waals surface area contributed by atoms with E-state index in [1.165, 1.54) is 5.56 Å². The van der Waals surface area contributed by atoms with Crippen LogP contribution in [0.15, 0.2) is 30.3 Å². The maximum absolute atomic E-state index is 12.9. The largest absolute Gasteiger partial charge is 0.325 e. The third-order valence-electron chi connectivity index (χ3n) is 5.39. The minimum Gasteiger partial charge on any atom is -0.325 e. The molecule has 0 aromatic heterocycles. The van der Waals surface area contributed by atoms with Gasteiger partial charge in [-0.3, -0.25) is 9.59 Å². The highest BCUT2D eigenvalue weighted by Crippen LogP contribution is 2.32. The van der Waals surface area contributed by atoms with Gasteiger partial charge in [-0.2, -0.15) is 0 Å². The fourth-order valence-corrected chi connectivity index (χ4v) is 4.09. The number of hydrogen-bond donors (Lipinski definition) is 1. The third kappa shape index (κ3) is 3.75. The highest BCUT2D eigenvalue weighted by atomic mass is 16.2. The maximum Gasteiger partial charge on any atom is 0.229 e. The zero-order valence-corrected chi connectivity index (χ0v) is 16.8. The van der Waals surface area contributed by atoms with Crippen molar-refractivity contribution < 1.29 is 9.59 Å². The van der Waals surface area contributed by atoms with Crippen molar-refractivity contribution >= 4 is 23.2 Å². The van der Waals surface area contributed by atoms with Crippen LogP contribution in [-0.2, 0) is 16.0 Å². The van der Waals surface area contributed by atoms with Gasteiger partial charge in [0.15, 0.2) is 0 Å². The van der Waals surface area contributed by atoms with Gasteiger partial charge < -0.3 is 10.2 Å². The molecule has 0 saturated carbocycles. The summed E-state index contributed by atoms with van der Waals surface area (Å²) >= 11 is 0. The van der Waals surface area contributed by atoms with Gasteiger partial charge >= 0.3 is 0 Å². The minimum absolute atomic E-state index is 0.0245. The number of nitrogens with zero attached hydrogens (tertiary/aromatic N) is 1. The normalized spacial score (nSPS) is 16.7. The fraction of sp³-hybridized carbons (Fsp3) is 0.391. The summed E-state index contributed by atoms with van der Waals surface area (Å²) in [5.74, 6) is -0.383. The van der Waals surface area contributed by atoms with Gasteiger partial charge in [0, 0.05) is 24.3 Å². The highest BCUT2D eigenvalue weighted by molar-refractivity contribution is 6.04. The van der Waals surface area contributed by atoms with Crippen molar-refractivity contribution in [3.8, 4) is 0 Å². The number of anilines is 2. The summed E-state index contributed by atoms with van der Waals surface area (Å²) in [4.78, 5) is 27.4. The summed E-state index contributed by atoms with van der Waals surface area (Å²) in [6.07, 6.45) is 1.12. The van der Waals surface area contributed by atoms with Crippen LogP contribution in [-0.4, -0.2) is 18.4 Å². The zero-order chi connectivity index (χ0) is 19.7. The van der Waals surface area contributed by atoms with Crippen LogP contribution in [0.4, 0.5) is 11.4 Å². The molecule has 1 fully saturated rings. The monoisotopic (exact) mass is 364 g/mol. The van der Waals surface area contributed by atoms with Crippen LogP contribution in [0.2, 0.25) is 0 Å². The molecule has 1 aliphatic rings. The molecule has 0 radical (unpaired) electrons. The Bertz CT molecular complexity index is 878. The van der Waals surface area contributed by atoms with Crippen LogP contribution < -0.4 is 10.2 Å². The number of rotatable bonds is 4. The summed E-state index contributed by atoms with van der Waals surface area (Å²) < 4.78 is 0. The molecule has 3 rings (SSSR count). The van der Waals surface area contributed by atoms with Gasteiger partial charge in [-0.25, -0.2) is 0 Å². The van der Waals surface area contributed by atoms with Crippen LogP contribution in [0.1, 0.15) is 41.2 Å². The predicted molar refractivity (Wildman–Crippen MR) is 110 cm³/mol. The van der Waals surface area contributed by atoms with Crippen molar-refractivity contribution in [3.05, 3.63) is 58.1 Å². The van der Waals surface area contributed by atoms with Crippen LogP contribution in [0.5, 0.6) is 0 Å². The molecule has 1 unspecified atom stereocenters. The molecular formula is C23H28N2O2. The smallest absolute Gasteiger partial charge is 0.229 e. The molecular weight excluding hydrogens is 336 g/mol. The van der Waals surface area contributed by atoms with E-state index >= 15 is 0 Å². The summed E-state index contributed by atoms with van der Waals surface area (Å²) in [6, 6.07) is 10.2. The quantitative estimate of drug-likeness (QED) is 0.870. The Kier molecular flexibility index (Phi) is 5.36. The van der Waals surface area contributed by atoms with Crippen molar-refractivity contribution in [2.75, 3.05) is 16.8 Å². The van der Waals surface area contributed by atoms with Crippen molar-refractivity contribution in [2.45, 2.75) is 47.5 Å². The lowest BCUT2D eigenvalue weighted by molar-refractivity contribution is -0.122. The van der Waals surface area contributed by atoms with Crippen LogP contribution in [0, 0.1) is 33.6 Å². The van der Waals surface area contributed by atoms with E-state index in [4.69, 9.17) is 0 Å². The van der Waals surface area contributed by atoms with Gasteiger partial charge in [-0.15, -0.1) is 0 Å². The number of carbonyl (C=O) groups is 2. The predicted octanol–water partition coefficient (Wildman–Crippen LogP) is 4.47. The second-order valence-corrected chi connectivity index (χ2v) is 7.60. The van der Waals surface area contributed by atoms with Gasteiger partial charge in [0.1, 0.15) is 0 Å². The van der Waals surface area contributed by atoms with Crippen molar-refractivity contribution in [1.29, 1.82) is 0 Å².